The van der Waals surface area contributed by atoms with Crippen molar-refractivity contribution >= 4 is 33.4 Å². The zero-order valence-electron chi connectivity index (χ0n) is 15.6. The van der Waals surface area contributed by atoms with Gasteiger partial charge < -0.3 is 10.6 Å². The molecule has 27 heavy (non-hydrogen) atoms. The van der Waals surface area contributed by atoms with E-state index in [0.29, 0.717) is 12.0 Å². The van der Waals surface area contributed by atoms with Crippen LogP contribution in [0.15, 0.2) is 46.9 Å². The molecular weight excluding hydrogens is 404 g/mol. The molecule has 0 aromatic heterocycles. The fourth-order valence-electron chi connectivity index (χ4n) is 3.44. The summed E-state index contributed by atoms with van der Waals surface area (Å²) in [5, 5.41) is 6.07. The molecular formula is C22H25BrN2O2. The minimum absolute atomic E-state index is 0.0299. The van der Waals surface area contributed by atoms with E-state index in [1.165, 1.54) is 19.3 Å². The van der Waals surface area contributed by atoms with Gasteiger partial charge >= 0.3 is 0 Å². The van der Waals surface area contributed by atoms with Gasteiger partial charge in [-0.1, -0.05) is 47.3 Å². The molecule has 1 aliphatic carbocycles. The molecule has 2 N–H and O–H groups in total. The highest BCUT2D eigenvalue weighted by Crippen LogP contribution is 2.20. The lowest BCUT2D eigenvalue weighted by Gasteiger charge is -2.23. The second kappa shape index (κ2) is 9.18. The molecule has 3 rings (SSSR count). The highest BCUT2D eigenvalue weighted by atomic mass is 79.9. The van der Waals surface area contributed by atoms with Crippen molar-refractivity contribution in [2.24, 2.45) is 0 Å². The van der Waals surface area contributed by atoms with Gasteiger partial charge in [0.25, 0.3) is 5.91 Å². The predicted molar refractivity (Wildman–Crippen MR) is 112 cm³/mol. The Labute approximate surface area is 168 Å². The molecule has 2 aromatic carbocycles. The number of amides is 2. The summed E-state index contributed by atoms with van der Waals surface area (Å²) in [7, 11) is 0. The third kappa shape index (κ3) is 5.67. The molecule has 0 radical (unpaired) electrons. The molecule has 1 aliphatic rings. The molecule has 0 aliphatic heterocycles. The number of anilines is 1. The molecule has 0 unspecified atom stereocenters. The maximum absolute atomic E-state index is 12.5. The Morgan fingerprint density at radius 3 is 2.41 bits per heavy atom. The van der Waals surface area contributed by atoms with Crippen molar-refractivity contribution in [1.29, 1.82) is 0 Å². The van der Waals surface area contributed by atoms with Crippen LogP contribution in [0.2, 0.25) is 0 Å². The van der Waals surface area contributed by atoms with Gasteiger partial charge in [0.05, 0.1) is 6.42 Å². The molecule has 142 valence electrons. The lowest BCUT2D eigenvalue weighted by molar-refractivity contribution is -0.115. The van der Waals surface area contributed by atoms with Gasteiger partial charge in [0, 0.05) is 21.8 Å². The van der Waals surface area contributed by atoms with E-state index < -0.39 is 0 Å². The molecule has 5 heteroatoms. The normalized spacial score (nSPS) is 14.6. The molecule has 1 saturated carbocycles. The molecule has 0 atom stereocenters. The molecule has 2 amide bonds. The van der Waals surface area contributed by atoms with E-state index in [0.717, 1.165) is 34.1 Å². The van der Waals surface area contributed by atoms with Gasteiger partial charge in [-0.2, -0.15) is 0 Å². The smallest absolute Gasteiger partial charge is 0.251 e. The van der Waals surface area contributed by atoms with Gasteiger partial charge in [-0.25, -0.2) is 0 Å². The zero-order valence-corrected chi connectivity index (χ0v) is 17.1. The number of aryl methyl sites for hydroxylation is 1. The zero-order chi connectivity index (χ0) is 19.2. The largest absolute Gasteiger partial charge is 0.349 e. The number of nitrogens with one attached hydrogen (secondary N) is 2. The number of hydrogen-bond donors (Lipinski definition) is 2. The average molecular weight is 429 g/mol. The van der Waals surface area contributed by atoms with Crippen LogP contribution in [-0.2, 0) is 11.2 Å². The van der Waals surface area contributed by atoms with Crippen molar-refractivity contribution < 1.29 is 9.59 Å². The second-order valence-corrected chi connectivity index (χ2v) is 8.11. The summed E-state index contributed by atoms with van der Waals surface area (Å²) in [4.78, 5) is 24.8. The summed E-state index contributed by atoms with van der Waals surface area (Å²) >= 11 is 3.39. The third-order valence-corrected chi connectivity index (χ3v) is 5.51. The van der Waals surface area contributed by atoms with Crippen LogP contribution in [0.3, 0.4) is 0 Å². The third-order valence-electron chi connectivity index (χ3n) is 4.98. The van der Waals surface area contributed by atoms with Crippen molar-refractivity contribution in [3.63, 3.8) is 0 Å². The summed E-state index contributed by atoms with van der Waals surface area (Å²) in [5.74, 6) is -0.0995. The van der Waals surface area contributed by atoms with E-state index >= 15 is 0 Å². The number of carbonyl (C=O) groups excluding carboxylic acids is 2. The van der Waals surface area contributed by atoms with E-state index in [1.807, 2.05) is 43.3 Å². The topological polar surface area (TPSA) is 58.2 Å². The van der Waals surface area contributed by atoms with Crippen molar-refractivity contribution in [1.82, 2.24) is 5.32 Å². The maximum atomic E-state index is 12.5. The Morgan fingerprint density at radius 2 is 1.74 bits per heavy atom. The molecule has 0 bridgehead atoms. The minimum atomic E-state index is -0.0696. The highest BCUT2D eigenvalue weighted by Gasteiger charge is 2.17. The fraction of sp³-hybridized carbons (Fsp3) is 0.364. The molecule has 0 heterocycles. The van der Waals surface area contributed by atoms with Crippen molar-refractivity contribution in [3.05, 3.63) is 63.6 Å². The van der Waals surface area contributed by atoms with Gasteiger partial charge in [0.15, 0.2) is 0 Å². The predicted octanol–water partition coefficient (Wildman–Crippen LogP) is 5.00. The maximum Gasteiger partial charge on any atom is 0.251 e. The Kier molecular flexibility index (Phi) is 6.67. The first-order chi connectivity index (χ1) is 13.0. The van der Waals surface area contributed by atoms with Crippen LogP contribution >= 0.6 is 15.9 Å². The van der Waals surface area contributed by atoms with Crippen LogP contribution in [0.5, 0.6) is 0 Å². The van der Waals surface area contributed by atoms with Gasteiger partial charge in [0.1, 0.15) is 0 Å². The summed E-state index contributed by atoms with van der Waals surface area (Å²) < 4.78 is 0.990. The van der Waals surface area contributed by atoms with E-state index in [2.05, 4.69) is 26.6 Å². The van der Waals surface area contributed by atoms with E-state index in [1.54, 1.807) is 6.07 Å². The van der Waals surface area contributed by atoms with Crippen molar-refractivity contribution in [3.8, 4) is 0 Å². The Bertz CT molecular complexity index is 812. The summed E-state index contributed by atoms with van der Waals surface area (Å²) in [5.41, 5.74) is 3.22. The molecule has 1 fully saturated rings. The molecule has 0 spiro atoms. The summed E-state index contributed by atoms with van der Waals surface area (Å²) in [6, 6.07) is 13.4. The first kappa shape index (κ1) is 19.6. The van der Waals surface area contributed by atoms with Crippen molar-refractivity contribution in [2.75, 3.05) is 5.32 Å². The van der Waals surface area contributed by atoms with Gasteiger partial charge in [-0.05, 0) is 61.2 Å². The molecule has 2 aromatic rings. The monoisotopic (exact) mass is 428 g/mol. The van der Waals surface area contributed by atoms with Crippen LogP contribution in [0.25, 0.3) is 0 Å². The van der Waals surface area contributed by atoms with E-state index in [9.17, 15) is 9.59 Å². The van der Waals surface area contributed by atoms with Crippen LogP contribution in [0.4, 0.5) is 5.69 Å². The van der Waals surface area contributed by atoms with Crippen LogP contribution in [-0.4, -0.2) is 17.9 Å². The number of carbonyl (C=O) groups is 2. The van der Waals surface area contributed by atoms with Crippen LogP contribution < -0.4 is 10.6 Å². The number of halogens is 1. The number of benzene rings is 2. The standard InChI is InChI=1S/C22H25BrN2O2/c1-15-13-17(22(27)24-19-5-3-2-4-6-19)9-12-20(15)25-21(26)14-16-7-10-18(23)11-8-16/h7-13,19H,2-6,14H2,1H3,(H,24,27)(H,25,26). The van der Waals surface area contributed by atoms with Gasteiger partial charge in [-0.15, -0.1) is 0 Å². The summed E-state index contributed by atoms with van der Waals surface area (Å²) in [6.45, 7) is 1.91. The SMILES string of the molecule is Cc1cc(C(=O)NC2CCCCC2)ccc1NC(=O)Cc1ccc(Br)cc1. The number of hydrogen-bond acceptors (Lipinski definition) is 2. The van der Waals surface area contributed by atoms with E-state index in [4.69, 9.17) is 0 Å². The number of rotatable bonds is 5. The quantitative estimate of drug-likeness (QED) is 0.703. The lowest BCUT2D eigenvalue weighted by atomic mass is 9.95. The minimum Gasteiger partial charge on any atom is -0.349 e. The second-order valence-electron chi connectivity index (χ2n) is 7.19. The first-order valence-electron chi connectivity index (χ1n) is 9.47. The Hall–Kier alpha value is -2.14. The molecule has 0 saturated heterocycles. The van der Waals surface area contributed by atoms with Crippen LogP contribution in [0.1, 0.15) is 53.6 Å². The Morgan fingerprint density at radius 1 is 1.04 bits per heavy atom. The highest BCUT2D eigenvalue weighted by molar-refractivity contribution is 9.10. The van der Waals surface area contributed by atoms with Gasteiger partial charge in [-0.3, -0.25) is 9.59 Å². The molecule has 4 nitrogen and oxygen atoms in total. The van der Waals surface area contributed by atoms with E-state index in [-0.39, 0.29) is 17.9 Å². The van der Waals surface area contributed by atoms with Crippen molar-refractivity contribution in [2.45, 2.75) is 51.5 Å². The average Bonchev–Trinajstić information content (AvgIpc) is 2.66. The first-order valence-corrected chi connectivity index (χ1v) is 10.3. The summed E-state index contributed by atoms with van der Waals surface area (Å²) in [6.07, 6.45) is 6.08. The fourth-order valence-corrected chi connectivity index (χ4v) is 3.71. The Balaban J connectivity index is 1.59. The lowest BCUT2D eigenvalue weighted by Crippen LogP contribution is -2.36. The van der Waals surface area contributed by atoms with Gasteiger partial charge in [0.2, 0.25) is 5.91 Å². The van der Waals surface area contributed by atoms with Crippen LogP contribution in [0, 0.1) is 6.92 Å².